The Morgan fingerprint density at radius 1 is 0.871 bits per heavy atom. The number of benzene rings is 1. The summed E-state index contributed by atoms with van der Waals surface area (Å²) >= 11 is 0. The molecule has 174 valence electrons. The predicted octanol–water partition coefficient (Wildman–Crippen LogP) is 4.39. The number of hydrogen-bond acceptors (Lipinski definition) is 3. The topological polar surface area (TPSA) is 108 Å². The Balaban J connectivity index is 2.10. The number of carboxylic acids is 1. The van der Waals surface area contributed by atoms with Gasteiger partial charge in [-0.05, 0) is 42.5 Å². The molecule has 0 spiro atoms. The molecule has 10 heteroatoms. The summed E-state index contributed by atoms with van der Waals surface area (Å²) in [5.41, 5.74) is -1.10. The van der Waals surface area contributed by atoms with E-state index in [0.717, 1.165) is 37.8 Å². The van der Waals surface area contributed by atoms with Gasteiger partial charge in [-0.25, -0.2) is 4.79 Å². The first-order valence-corrected chi connectivity index (χ1v) is 10.1. The van der Waals surface area contributed by atoms with Crippen LogP contribution in [0, 0.1) is 5.41 Å². The zero-order chi connectivity index (χ0) is 23.5. The van der Waals surface area contributed by atoms with Crippen molar-refractivity contribution in [3.63, 3.8) is 0 Å². The van der Waals surface area contributed by atoms with E-state index in [1.165, 1.54) is 12.1 Å². The quantitative estimate of drug-likeness (QED) is 0.358. The first kappa shape index (κ1) is 26.3. The molecule has 1 aromatic rings. The van der Waals surface area contributed by atoms with E-state index in [1.807, 2.05) is 0 Å². The molecule has 0 aliphatic carbocycles. The molecule has 0 aromatic heterocycles. The zero-order valence-corrected chi connectivity index (χ0v) is 17.8. The third-order valence-electron chi connectivity index (χ3n) is 4.45. The summed E-state index contributed by atoms with van der Waals surface area (Å²) in [5, 5.41) is 16.7. The van der Waals surface area contributed by atoms with E-state index in [2.05, 4.69) is 16.0 Å². The van der Waals surface area contributed by atoms with Gasteiger partial charge >= 0.3 is 18.2 Å². The number of carbonyl (C=O) groups excluding carboxylic acids is 2. The summed E-state index contributed by atoms with van der Waals surface area (Å²) in [6.07, 6.45) is -1.16. The highest BCUT2D eigenvalue weighted by molar-refractivity contribution is 5.89. The third-order valence-corrected chi connectivity index (χ3v) is 4.45. The van der Waals surface area contributed by atoms with E-state index in [0.29, 0.717) is 13.1 Å². The Bertz CT molecular complexity index is 734. The molecule has 0 unspecified atom stereocenters. The van der Waals surface area contributed by atoms with Crippen LogP contribution in [0.5, 0.6) is 0 Å². The maximum atomic E-state index is 12.5. The third kappa shape index (κ3) is 11.9. The average molecular weight is 445 g/mol. The second kappa shape index (κ2) is 12.2. The maximum Gasteiger partial charge on any atom is 0.416 e. The van der Waals surface area contributed by atoms with E-state index in [9.17, 15) is 27.6 Å². The van der Waals surface area contributed by atoms with E-state index in [-0.39, 0.29) is 24.4 Å². The van der Waals surface area contributed by atoms with Gasteiger partial charge in [-0.15, -0.1) is 0 Å². The fourth-order valence-electron chi connectivity index (χ4n) is 2.92. The highest BCUT2D eigenvalue weighted by atomic mass is 19.4. The highest BCUT2D eigenvalue weighted by Gasteiger charge is 2.30. The van der Waals surface area contributed by atoms with Crippen molar-refractivity contribution in [3.8, 4) is 0 Å². The minimum Gasteiger partial charge on any atom is -0.481 e. The Kier molecular flexibility index (Phi) is 10.3. The van der Waals surface area contributed by atoms with E-state index < -0.39 is 29.2 Å². The first-order chi connectivity index (χ1) is 14.4. The number of anilines is 1. The normalized spacial score (nSPS) is 11.6. The molecule has 1 aromatic carbocycles. The molecule has 7 nitrogen and oxygen atoms in total. The molecule has 0 radical (unpaired) electrons. The van der Waals surface area contributed by atoms with Crippen molar-refractivity contribution in [1.29, 1.82) is 0 Å². The van der Waals surface area contributed by atoms with Crippen LogP contribution in [0.4, 0.5) is 23.7 Å². The van der Waals surface area contributed by atoms with Gasteiger partial charge < -0.3 is 21.1 Å². The number of hydrogen-bond donors (Lipinski definition) is 4. The number of carbonyl (C=O) groups is 3. The monoisotopic (exact) mass is 445 g/mol. The lowest BCUT2D eigenvalue weighted by atomic mass is 9.85. The SMILES string of the molecule is CC(C)(CC(=O)O)CC(=O)NCCCCCCNC(=O)Nc1ccc(C(F)(F)F)cc1. The summed E-state index contributed by atoms with van der Waals surface area (Å²) in [6, 6.07) is 3.71. The van der Waals surface area contributed by atoms with Gasteiger partial charge in [-0.3, -0.25) is 9.59 Å². The van der Waals surface area contributed by atoms with Gasteiger partial charge in [0.25, 0.3) is 0 Å². The average Bonchev–Trinajstić information content (AvgIpc) is 2.62. The van der Waals surface area contributed by atoms with Crippen LogP contribution in [-0.4, -0.2) is 36.1 Å². The van der Waals surface area contributed by atoms with E-state index in [1.54, 1.807) is 13.8 Å². The van der Waals surface area contributed by atoms with Crippen molar-refractivity contribution in [2.24, 2.45) is 5.41 Å². The standard InChI is InChI=1S/C21H30F3N3O4/c1-20(2,14-18(29)30)13-17(28)25-11-5-3-4-6-12-26-19(31)27-16-9-7-15(8-10-16)21(22,23)24/h7-10H,3-6,11-14H2,1-2H3,(H,25,28)(H,29,30)(H2,26,27,31). The largest absolute Gasteiger partial charge is 0.481 e. The number of rotatable bonds is 12. The molecule has 0 fully saturated rings. The van der Waals surface area contributed by atoms with Crippen molar-refractivity contribution in [1.82, 2.24) is 10.6 Å². The number of unbranched alkanes of at least 4 members (excludes halogenated alkanes) is 3. The fourth-order valence-corrected chi connectivity index (χ4v) is 2.92. The van der Waals surface area contributed by atoms with Crippen LogP contribution < -0.4 is 16.0 Å². The van der Waals surface area contributed by atoms with Crippen LogP contribution in [0.1, 0.15) is 57.9 Å². The lowest BCUT2D eigenvalue weighted by Gasteiger charge is -2.21. The molecule has 0 saturated heterocycles. The predicted molar refractivity (Wildman–Crippen MR) is 111 cm³/mol. The second-order valence-corrected chi connectivity index (χ2v) is 8.13. The lowest BCUT2D eigenvalue weighted by molar-refractivity contribution is -0.140. The molecule has 0 atom stereocenters. The van der Waals surface area contributed by atoms with Crippen molar-refractivity contribution >= 4 is 23.6 Å². The molecule has 0 saturated carbocycles. The van der Waals surface area contributed by atoms with Gasteiger partial charge in [0.1, 0.15) is 0 Å². The van der Waals surface area contributed by atoms with Crippen LogP contribution in [-0.2, 0) is 15.8 Å². The molecule has 4 N–H and O–H groups in total. The molecular formula is C21H30F3N3O4. The van der Waals surface area contributed by atoms with Gasteiger partial charge in [-0.1, -0.05) is 26.7 Å². The molecule has 31 heavy (non-hydrogen) atoms. The maximum absolute atomic E-state index is 12.5. The van der Waals surface area contributed by atoms with Crippen molar-refractivity contribution in [3.05, 3.63) is 29.8 Å². The summed E-state index contributed by atoms with van der Waals surface area (Å²) in [4.78, 5) is 34.4. The number of halogens is 3. The van der Waals surface area contributed by atoms with Crippen LogP contribution in [0.15, 0.2) is 24.3 Å². The van der Waals surface area contributed by atoms with Crippen LogP contribution in [0.25, 0.3) is 0 Å². The molecule has 0 aliphatic heterocycles. The number of carboxylic acid groups (broad SMARTS) is 1. The Hall–Kier alpha value is -2.78. The lowest BCUT2D eigenvalue weighted by Crippen LogP contribution is -2.30. The van der Waals surface area contributed by atoms with E-state index in [4.69, 9.17) is 5.11 Å². The van der Waals surface area contributed by atoms with Crippen molar-refractivity contribution < 1.29 is 32.7 Å². The van der Waals surface area contributed by atoms with Gasteiger partial charge in [0.2, 0.25) is 5.91 Å². The summed E-state index contributed by atoms with van der Waals surface area (Å²) in [6.45, 7) is 4.40. The van der Waals surface area contributed by atoms with Crippen LogP contribution >= 0.6 is 0 Å². The summed E-state index contributed by atoms with van der Waals surface area (Å²) in [7, 11) is 0. The number of alkyl halides is 3. The number of nitrogens with one attached hydrogen (secondary N) is 3. The molecule has 0 aliphatic rings. The smallest absolute Gasteiger partial charge is 0.416 e. The summed E-state index contributed by atoms with van der Waals surface area (Å²) in [5.74, 6) is -1.10. The fraction of sp³-hybridized carbons (Fsp3) is 0.571. The van der Waals surface area contributed by atoms with Gasteiger partial charge in [0.15, 0.2) is 0 Å². The van der Waals surface area contributed by atoms with Crippen molar-refractivity contribution in [2.75, 3.05) is 18.4 Å². The van der Waals surface area contributed by atoms with Crippen molar-refractivity contribution in [2.45, 2.75) is 58.5 Å². The molecule has 3 amide bonds. The number of amides is 3. The highest BCUT2D eigenvalue weighted by Crippen LogP contribution is 2.29. The first-order valence-electron chi connectivity index (χ1n) is 10.1. The minimum absolute atomic E-state index is 0.0696. The molecule has 0 bridgehead atoms. The Labute approximate surface area is 179 Å². The summed E-state index contributed by atoms with van der Waals surface area (Å²) < 4.78 is 37.5. The number of urea groups is 1. The van der Waals surface area contributed by atoms with Crippen LogP contribution in [0.2, 0.25) is 0 Å². The van der Waals surface area contributed by atoms with Gasteiger partial charge in [0, 0.05) is 25.2 Å². The second-order valence-electron chi connectivity index (χ2n) is 8.13. The molecule has 0 heterocycles. The Morgan fingerprint density at radius 3 is 1.94 bits per heavy atom. The molecular weight excluding hydrogens is 415 g/mol. The van der Waals surface area contributed by atoms with Crippen LogP contribution in [0.3, 0.4) is 0 Å². The Morgan fingerprint density at radius 2 is 1.42 bits per heavy atom. The number of aliphatic carboxylic acids is 1. The van der Waals surface area contributed by atoms with Gasteiger partial charge in [0.05, 0.1) is 12.0 Å². The molecule has 1 rings (SSSR count). The minimum atomic E-state index is -4.42. The van der Waals surface area contributed by atoms with Gasteiger partial charge in [-0.2, -0.15) is 13.2 Å². The van der Waals surface area contributed by atoms with E-state index >= 15 is 0 Å². The zero-order valence-electron chi connectivity index (χ0n) is 17.8.